The van der Waals surface area contributed by atoms with Crippen molar-refractivity contribution in [1.29, 1.82) is 0 Å². The number of hydrogen-bond acceptors (Lipinski definition) is 2. The van der Waals surface area contributed by atoms with Crippen LogP contribution in [0.5, 0.6) is 0 Å². The van der Waals surface area contributed by atoms with E-state index in [9.17, 15) is 0 Å². The quantitative estimate of drug-likeness (QED) is 0.661. The lowest BCUT2D eigenvalue weighted by molar-refractivity contribution is 0.226. The summed E-state index contributed by atoms with van der Waals surface area (Å²) < 4.78 is 0. The Balaban J connectivity index is 3.40. The average molecular weight is 200 g/mol. The van der Waals surface area contributed by atoms with E-state index in [1.807, 2.05) is 0 Å². The van der Waals surface area contributed by atoms with Gasteiger partial charge in [0.25, 0.3) is 0 Å². The fourth-order valence-electron chi connectivity index (χ4n) is 1.55. The molecule has 0 spiro atoms. The van der Waals surface area contributed by atoms with Gasteiger partial charge in [0.15, 0.2) is 0 Å². The van der Waals surface area contributed by atoms with Crippen LogP contribution in [0.25, 0.3) is 0 Å². The molecule has 0 saturated heterocycles. The third-order valence-corrected chi connectivity index (χ3v) is 1.97. The van der Waals surface area contributed by atoms with Crippen LogP contribution in [0.15, 0.2) is 0 Å². The van der Waals surface area contributed by atoms with Crippen molar-refractivity contribution in [2.24, 2.45) is 11.3 Å². The van der Waals surface area contributed by atoms with Gasteiger partial charge in [-0.05, 0) is 24.9 Å². The van der Waals surface area contributed by atoms with Crippen LogP contribution in [0, 0.1) is 11.3 Å². The Morgan fingerprint density at radius 1 is 1.21 bits per heavy atom. The molecule has 0 heterocycles. The van der Waals surface area contributed by atoms with E-state index in [4.69, 9.17) is 0 Å². The summed E-state index contributed by atoms with van der Waals surface area (Å²) in [6.45, 7) is 15.9. The average Bonchev–Trinajstić information content (AvgIpc) is 1.94. The highest BCUT2D eigenvalue weighted by molar-refractivity contribution is 4.67. The molecular weight excluding hydrogens is 172 g/mol. The van der Waals surface area contributed by atoms with Gasteiger partial charge in [0.2, 0.25) is 0 Å². The van der Waals surface area contributed by atoms with Gasteiger partial charge in [-0.15, -0.1) is 0 Å². The molecule has 2 heteroatoms. The molecule has 0 saturated carbocycles. The van der Waals surface area contributed by atoms with Gasteiger partial charge in [0.1, 0.15) is 0 Å². The fourth-order valence-corrected chi connectivity index (χ4v) is 1.55. The smallest absolute Gasteiger partial charge is 0.0104 e. The SMILES string of the molecule is CC(C)CNCCN(C)CC(C)(C)C. The lowest BCUT2D eigenvalue weighted by Gasteiger charge is -2.26. The van der Waals surface area contributed by atoms with Gasteiger partial charge >= 0.3 is 0 Å². The van der Waals surface area contributed by atoms with Gasteiger partial charge in [-0.2, -0.15) is 0 Å². The minimum absolute atomic E-state index is 0.410. The maximum absolute atomic E-state index is 3.46. The molecule has 0 aliphatic rings. The Hall–Kier alpha value is -0.0800. The topological polar surface area (TPSA) is 15.3 Å². The van der Waals surface area contributed by atoms with Gasteiger partial charge in [0.05, 0.1) is 0 Å². The van der Waals surface area contributed by atoms with Crippen LogP contribution in [0.3, 0.4) is 0 Å². The van der Waals surface area contributed by atoms with E-state index in [1.54, 1.807) is 0 Å². The second-order valence-electron chi connectivity index (χ2n) is 5.90. The fraction of sp³-hybridized carbons (Fsp3) is 1.00. The molecule has 0 bridgehead atoms. The molecule has 0 aromatic carbocycles. The number of nitrogens with zero attached hydrogens (tertiary/aromatic N) is 1. The van der Waals surface area contributed by atoms with E-state index < -0.39 is 0 Å². The lowest BCUT2D eigenvalue weighted by Crippen LogP contribution is -2.35. The maximum Gasteiger partial charge on any atom is 0.0104 e. The number of rotatable bonds is 6. The molecule has 0 aliphatic heterocycles. The first-order valence-corrected chi connectivity index (χ1v) is 5.70. The van der Waals surface area contributed by atoms with Gasteiger partial charge < -0.3 is 10.2 Å². The summed E-state index contributed by atoms with van der Waals surface area (Å²) in [7, 11) is 2.20. The summed E-state index contributed by atoms with van der Waals surface area (Å²) in [6, 6.07) is 0. The normalized spacial score (nSPS) is 12.9. The number of likely N-dealkylation sites (N-methyl/N-ethyl adjacent to an activating group) is 1. The zero-order chi connectivity index (χ0) is 11.2. The molecule has 0 amide bonds. The molecule has 14 heavy (non-hydrogen) atoms. The highest BCUT2D eigenvalue weighted by Crippen LogP contribution is 2.13. The molecule has 0 aliphatic carbocycles. The monoisotopic (exact) mass is 200 g/mol. The Labute approximate surface area is 90.1 Å². The summed E-state index contributed by atoms with van der Waals surface area (Å²) in [5.74, 6) is 0.753. The van der Waals surface area contributed by atoms with Crippen molar-refractivity contribution >= 4 is 0 Å². The van der Waals surface area contributed by atoms with Crippen molar-refractivity contribution in [3.63, 3.8) is 0 Å². The molecule has 0 atom stereocenters. The zero-order valence-electron chi connectivity index (χ0n) is 10.9. The van der Waals surface area contributed by atoms with Crippen molar-refractivity contribution in [3.8, 4) is 0 Å². The Morgan fingerprint density at radius 3 is 2.21 bits per heavy atom. The number of hydrogen-bond donors (Lipinski definition) is 1. The number of nitrogens with one attached hydrogen (secondary N) is 1. The molecule has 0 aromatic heterocycles. The summed E-state index contributed by atoms with van der Waals surface area (Å²) >= 11 is 0. The van der Waals surface area contributed by atoms with Crippen LogP contribution in [0.2, 0.25) is 0 Å². The van der Waals surface area contributed by atoms with Crippen molar-refractivity contribution in [2.75, 3.05) is 33.2 Å². The molecule has 86 valence electrons. The van der Waals surface area contributed by atoms with E-state index in [0.717, 1.165) is 32.1 Å². The largest absolute Gasteiger partial charge is 0.315 e. The van der Waals surface area contributed by atoms with Crippen molar-refractivity contribution in [2.45, 2.75) is 34.6 Å². The van der Waals surface area contributed by atoms with Crippen LogP contribution < -0.4 is 5.32 Å². The minimum Gasteiger partial charge on any atom is -0.315 e. The standard InChI is InChI=1S/C12H28N2/c1-11(2)9-13-7-8-14(6)10-12(3,4)5/h11,13H,7-10H2,1-6H3. The summed E-state index contributed by atoms with van der Waals surface area (Å²) in [5, 5.41) is 3.46. The zero-order valence-corrected chi connectivity index (χ0v) is 10.9. The molecule has 0 unspecified atom stereocenters. The van der Waals surface area contributed by atoms with Gasteiger partial charge in [-0.25, -0.2) is 0 Å². The molecule has 0 aromatic rings. The van der Waals surface area contributed by atoms with Gasteiger partial charge in [-0.3, -0.25) is 0 Å². The first-order chi connectivity index (χ1) is 6.31. The van der Waals surface area contributed by atoms with Crippen LogP contribution in [-0.2, 0) is 0 Å². The second kappa shape index (κ2) is 6.41. The highest BCUT2D eigenvalue weighted by atomic mass is 15.1. The lowest BCUT2D eigenvalue weighted by atomic mass is 9.96. The third-order valence-electron chi connectivity index (χ3n) is 1.97. The predicted octanol–water partition coefficient (Wildman–Crippen LogP) is 2.21. The molecule has 0 fully saturated rings. The van der Waals surface area contributed by atoms with Crippen LogP contribution in [-0.4, -0.2) is 38.1 Å². The van der Waals surface area contributed by atoms with Crippen LogP contribution in [0.1, 0.15) is 34.6 Å². The molecule has 1 N–H and O–H groups in total. The van der Waals surface area contributed by atoms with Crippen LogP contribution >= 0.6 is 0 Å². The molecule has 0 rings (SSSR count). The van der Waals surface area contributed by atoms with E-state index >= 15 is 0 Å². The molecule has 2 nitrogen and oxygen atoms in total. The predicted molar refractivity (Wildman–Crippen MR) is 64.7 cm³/mol. The summed E-state index contributed by atoms with van der Waals surface area (Å²) in [6.07, 6.45) is 0. The minimum atomic E-state index is 0.410. The van der Waals surface area contributed by atoms with Gasteiger partial charge in [0, 0.05) is 19.6 Å². The van der Waals surface area contributed by atoms with E-state index in [1.165, 1.54) is 0 Å². The van der Waals surface area contributed by atoms with Crippen molar-refractivity contribution < 1.29 is 0 Å². The van der Waals surface area contributed by atoms with E-state index in [-0.39, 0.29) is 0 Å². The Morgan fingerprint density at radius 2 is 1.79 bits per heavy atom. The molecule has 0 radical (unpaired) electrons. The second-order valence-corrected chi connectivity index (χ2v) is 5.90. The third kappa shape index (κ3) is 10.0. The van der Waals surface area contributed by atoms with E-state index in [2.05, 4.69) is 51.9 Å². The first-order valence-electron chi connectivity index (χ1n) is 5.70. The summed E-state index contributed by atoms with van der Waals surface area (Å²) in [5.41, 5.74) is 0.410. The highest BCUT2D eigenvalue weighted by Gasteiger charge is 2.12. The Bertz CT molecular complexity index is 136. The van der Waals surface area contributed by atoms with E-state index in [0.29, 0.717) is 5.41 Å². The first kappa shape index (κ1) is 13.9. The van der Waals surface area contributed by atoms with Crippen LogP contribution in [0.4, 0.5) is 0 Å². The van der Waals surface area contributed by atoms with Crippen molar-refractivity contribution in [1.82, 2.24) is 10.2 Å². The summed E-state index contributed by atoms with van der Waals surface area (Å²) in [4.78, 5) is 2.40. The van der Waals surface area contributed by atoms with Crippen molar-refractivity contribution in [3.05, 3.63) is 0 Å². The van der Waals surface area contributed by atoms with Gasteiger partial charge in [-0.1, -0.05) is 34.6 Å². The maximum atomic E-state index is 3.46. The molecular formula is C12H28N2. The Kier molecular flexibility index (Phi) is 6.38.